The Morgan fingerprint density at radius 1 is 0.236 bits per heavy atom. The number of hydrogen-bond donors (Lipinski definition) is 0. The van der Waals surface area contributed by atoms with E-state index in [1.54, 1.807) is 0 Å². The Balaban J connectivity index is 0.944. The molecule has 0 bridgehead atoms. The summed E-state index contributed by atoms with van der Waals surface area (Å²) < 4.78 is 6.53. The molecule has 1 heterocycles. The summed E-state index contributed by atoms with van der Waals surface area (Å²) in [6, 6.07) is 71.1. The van der Waals surface area contributed by atoms with Gasteiger partial charge in [0.1, 0.15) is 11.2 Å². The third-order valence-electron chi connectivity index (χ3n) is 11.8. The molecule has 0 radical (unpaired) electrons. The van der Waals surface area contributed by atoms with Crippen LogP contribution in [0.25, 0.3) is 120 Å². The second-order valence-corrected chi connectivity index (χ2v) is 14.8. The first kappa shape index (κ1) is 30.3. The topological polar surface area (TPSA) is 13.1 Å². The minimum Gasteiger partial charge on any atom is -0.456 e. The van der Waals surface area contributed by atoms with Crippen LogP contribution in [0, 0.1) is 0 Å². The number of hydrogen-bond acceptors (Lipinski definition) is 1. The lowest BCUT2D eigenvalue weighted by Gasteiger charge is -2.16. The first-order valence-corrected chi connectivity index (χ1v) is 19.0. The Labute approximate surface area is 317 Å². The SMILES string of the molecule is c1ccc2cc(-c3ccc4c(c3)oc3cc(-c5ccc6cc(-c7cc8c9ccccc9c9ccccc9c8c8ccccc78)ccc6c5)ccc34)ccc2c1. The van der Waals surface area contributed by atoms with Gasteiger partial charge in [-0.1, -0.05) is 146 Å². The number of fused-ring (bicyclic) bond motifs is 13. The summed E-state index contributed by atoms with van der Waals surface area (Å²) in [6.07, 6.45) is 0. The molecule has 0 aliphatic carbocycles. The third-order valence-corrected chi connectivity index (χ3v) is 11.8. The van der Waals surface area contributed by atoms with Crippen molar-refractivity contribution < 1.29 is 4.42 Å². The summed E-state index contributed by atoms with van der Waals surface area (Å²) in [6.45, 7) is 0. The van der Waals surface area contributed by atoms with E-state index in [1.165, 1.54) is 86.9 Å². The lowest BCUT2D eigenvalue weighted by molar-refractivity contribution is 0.669. The predicted molar refractivity (Wildman–Crippen MR) is 235 cm³/mol. The van der Waals surface area contributed by atoms with Gasteiger partial charge in [0, 0.05) is 10.8 Å². The Bertz CT molecular complexity index is 3550. The molecule has 0 atom stereocenters. The Morgan fingerprint density at radius 3 is 1.27 bits per heavy atom. The summed E-state index contributed by atoms with van der Waals surface area (Å²) in [7, 11) is 0. The fraction of sp³-hybridized carbons (Fsp3) is 0. The quantitative estimate of drug-likeness (QED) is 0.168. The maximum atomic E-state index is 6.53. The molecule has 0 aliphatic heterocycles. The monoisotopic (exact) mass is 696 g/mol. The average molecular weight is 697 g/mol. The van der Waals surface area contributed by atoms with Crippen LogP contribution < -0.4 is 0 Å². The van der Waals surface area contributed by atoms with Gasteiger partial charge >= 0.3 is 0 Å². The van der Waals surface area contributed by atoms with Gasteiger partial charge in [0.15, 0.2) is 0 Å². The summed E-state index contributed by atoms with van der Waals surface area (Å²) in [4.78, 5) is 0. The van der Waals surface area contributed by atoms with Gasteiger partial charge in [-0.15, -0.1) is 0 Å². The van der Waals surface area contributed by atoms with Crippen molar-refractivity contribution in [2.45, 2.75) is 0 Å². The van der Waals surface area contributed by atoms with E-state index in [9.17, 15) is 0 Å². The molecule has 0 aliphatic rings. The van der Waals surface area contributed by atoms with Crippen molar-refractivity contribution in [2.24, 2.45) is 0 Å². The second kappa shape index (κ2) is 11.6. The van der Waals surface area contributed by atoms with Crippen LogP contribution in [-0.2, 0) is 0 Å². The van der Waals surface area contributed by atoms with E-state index >= 15 is 0 Å². The standard InChI is InChI=1S/C54H32O/c1-2-10-34-27-36(18-17-33(34)9-1)39-23-25-46-47-26-24-40(31-53(47)55-52(46)30-39)37-19-20-38-29-41(22-21-35(38)28-37)50-32-51-44-13-4-3-11-42(44)43-12-5-7-15-48(43)54(51)49-16-8-6-14-45(49)50/h1-32H. The normalized spacial score (nSPS) is 12.0. The zero-order valence-corrected chi connectivity index (χ0v) is 29.9. The minimum absolute atomic E-state index is 0.905. The largest absolute Gasteiger partial charge is 0.456 e. The molecule has 0 saturated carbocycles. The fourth-order valence-electron chi connectivity index (χ4n) is 9.10. The van der Waals surface area contributed by atoms with Crippen molar-refractivity contribution >= 4 is 86.6 Å². The van der Waals surface area contributed by atoms with Gasteiger partial charge in [0.25, 0.3) is 0 Å². The first-order chi connectivity index (χ1) is 27.2. The van der Waals surface area contributed by atoms with Crippen LogP contribution in [-0.4, -0.2) is 0 Å². The molecule has 0 fully saturated rings. The number of rotatable bonds is 3. The molecule has 1 nitrogen and oxygen atoms in total. The molecule has 0 amide bonds. The smallest absolute Gasteiger partial charge is 0.136 e. The molecule has 254 valence electrons. The van der Waals surface area contributed by atoms with E-state index < -0.39 is 0 Å². The van der Waals surface area contributed by atoms with Crippen molar-refractivity contribution in [3.05, 3.63) is 194 Å². The van der Waals surface area contributed by atoms with Crippen molar-refractivity contribution in [1.29, 1.82) is 0 Å². The zero-order chi connectivity index (χ0) is 36.0. The highest BCUT2D eigenvalue weighted by Crippen LogP contribution is 2.43. The van der Waals surface area contributed by atoms with E-state index in [-0.39, 0.29) is 0 Å². The maximum absolute atomic E-state index is 6.53. The fourth-order valence-corrected chi connectivity index (χ4v) is 9.10. The molecule has 0 N–H and O–H groups in total. The van der Waals surface area contributed by atoms with Crippen molar-refractivity contribution in [3.8, 4) is 33.4 Å². The van der Waals surface area contributed by atoms with Gasteiger partial charge in [-0.3, -0.25) is 0 Å². The Kier molecular flexibility index (Phi) is 6.40. The number of benzene rings is 11. The molecule has 12 aromatic rings. The van der Waals surface area contributed by atoms with Crippen LogP contribution >= 0.6 is 0 Å². The van der Waals surface area contributed by atoms with E-state index in [0.717, 1.165) is 33.1 Å². The summed E-state index contributed by atoms with van der Waals surface area (Å²) in [5.41, 5.74) is 8.96. The molecular formula is C54H32O. The third kappa shape index (κ3) is 4.67. The zero-order valence-electron chi connectivity index (χ0n) is 29.9. The van der Waals surface area contributed by atoms with Gasteiger partial charge in [0.2, 0.25) is 0 Å². The van der Waals surface area contributed by atoms with E-state index in [4.69, 9.17) is 4.42 Å². The maximum Gasteiger partial charge on any atom is 0.136 e. The summed E-state index contributed by atoms with van der Waals surface area (Å²) in [5, 5.41) is 17.6. The molecule has 0 spiro atoms. The van der Waals surface area contributed by atoms with Gasteiger partial charge in [-0.05, 0) is 147 Å². The first-order valence-electron chi connectivity index (χ1n) is 19.0. The minimum atomic E-state index is 0.905. The highest BCUT2D eigenvalue weighted by molar-refractivity contribution is 6.33. The number of furan rings is 1. The van der Waals surface area contributed by atoms with Crippen molar-refractivity contribution in [1.82, 2.24) is 0 Å². The Morgan fingerprint density at radius 2 is 0.636 bits per heavy atom. The molecule has 0 unspecified atom stereocenters. The highest BCUT2D eigenvalue weighted by Gasteiger charge is 2.16. The van der Waals surface area contributed by atoms with Gasteiger partial charge < -0.3 is 4.42 Å². The summed E-state index contributed by atoms with van der Waals surface area (Å²) in [5.74, 6) is 0. The molecule has 55 heavy (non-hydrogen) atoms. The molecular weight excluding hydrogens is 665 g/mol. The van der Waals surface area contributed by atoms with Crippen LogP contribution in [0.3, 0.4) is 0 Å². The average Bonchev–Trinajstić information content (AvgIpc) is 3.62. The molecule has 0 saturated heterocycles. The van der Waals surface area contributed by atoms with E-state index in [0.29, 0.717) is 0 Å². The highest BCUT2D eigenvalue weighted by atomic mass is 16.3. The van der Waals surface area contributed by atoms with Gasteiger partial charge in [-0.2, -0.15) is 0 Å². The van der Waals surface area contributed by atoms with E-state index in [1.807, 2.05) is 0 Å². The molecule has 11 aromatic carbocycles. The van der Waals surface area contributed by atoms with Gasteiger partial charge in [-0.25, -0.2) is 0 Å². The Hall–Kier alpha value is -7.22. The van der Waals surface area contributed by atoms with Crippen molar-refractivity contribution in [2.75, 3.05) is 0 Å². The van der Waals surface area contributed by atoms with Crippen LogP contribution in [0.2, 0.25) is 0 Å². The molecule has 1 aromatic heterocycles. The lowest BCUT2D eigenvalue weighted by Crippen LogP contribution is -1.89. The summed E-state index contributed by atoms with van der Waals surface area (Å²) >= 11 is 0. The lowest BCUT2D eigenvalue weighted by atomic mass is 9.87. The van der Waals surface area contributed by atoms with Crippen LogP contribution in [0.15, 0.2) is 199 Å². The van der Waals surface area contributed by atoms with Gasteiger partial charge in [0.05, 0.1) is 0 Å². The molecule has 1 heteroatoms. The van der Waals surface area contributed by atoms with Crippen LogP contribution in [0.1, 0.15) is 0 Å². The second-order valence-electron chi connectivity index (χ2n) is 14.8. The van der Waals surface area contributed by atoms with Crippen LogP contribution in [0.4, 0.5) is 0 Å². The predicted octanol–water partition coefficient (Wildman–Crippen LogP) is 15.5. The van der Waals surface area contributed by atoms with Crippen LogP contribution in [0.5, 0.6) is 0 Å². The van der Waals surface area contributed by atoms with E-state index in [2.05, 4.69) is 194 Å². The molecule has 12 rings (SSSR count). The van der Waals surface area contributed by atoms with Crippen molar-refractivity contribution in [3.63, 3.8) is 0 Å².